The maximum atomic E-state index is 12.1. The summed E-state index contributed by atoms with van der Waals surface area (Å²) in [6.07, 6.45) is 3.18. The smallest absolute Gasteiger partial charge is 0.313 e. The van der Waals surface area contributed by atoms with Gasteiger partial charge in [0.15, 0.2) is 0 Å². The fourth-order valence-corrected chi connectivity index (χ4v) is 4.33. The minimum Gasteiger partial charge on any atom is -0.481 e. The van der Waals surface area contributed by atoms with E-state index in [4.69, 9.17) is 0 Å². The van der Waals surface area contributed by atoms with Crippen LogP contribution in [0.25, 0.3) is 0 Å². The van der Waals surface area contributed by atoms with Gasteiger partial charge in [0.25, 0.3) is 0 Å². The van der Waals surface area contributed by atoms with Gasteiger partial charge in [0.05, 0.1) is 6.10 Å². The van der Waals surface area contributed by atoms with E-state index in [9.17, 15) is 15.0 Å². The van der Waals surface area contributed by atoms with E-state index in [0.717, 1.165) is 25.8 Å². The van der Waals surface area contributed by atoms with Gasteiger partial charge in [0.1, 0.15) is 5.41 Å². The first kappa shape index (κ1) is 17.4. The Morgan fingerprint density at radius 1 is 1.29 bits per heavy atom. The number of rotatable bonds is 5. The van der Waals surface area contributed by atoms with Crippen molar-refractivity contribution in [3.05, 3.63) is 35.4 Å². The number of carbonyl (C=O) groups is 1. The van der Waals surface area contributed by atoms with Crippen LogP contribution in [0.4, 0.5) is 0 Å². The van der Waals surface area contributed by atoms with Crippen molar-refractivity contribution in [3.8, 4) is 0 Å². The molecule has 0 unspecified atom stereocenters. The summed E-state index contributed by atoms with van der Waals surface area (Å²) in [7, 11) is 0. The van der Waals surface area contributed by atoms with E-state index in [2.05, 4.69) is 43.0 Å². The first-order valence-corrected chi connectivity index (χ1v) is 9.14. The normalized spacial score (nSPS) is 28.2. The van der Waals surface area contributed by atoms with E-state index in [0.29, 0.717) is 31.3 Å². The van der Waals surface area contributed by atoms with E-state index < -0.39 is 17.5 Å². The second kappa shape index (κ2) is 6.85. The molecule has 1 saturated heterocycles. The summed E-state index contributed by atoms with van der Waals surface area (Å²) in [6.45, 7) is 5.47. The lowest BCUT2D eigenvalue weighted by molar-refractivity contribution is -0.166. The predicted molar refractivity (Wildman–Crippen MR) is 94.0 cm³/mol. The first-order valence-electron chi connectivity index (χ1n) is 9.14. The second-order valence-corrected chi connectivity index (χ2v) is 8.00. The molecule has 1 aliphatic carbocycles. The van der Waals surface area contributed by atoms with Crippen LogP contribution < -0.4 is 0 Å². The van der Waals surface area contributed by atoms with E-state index in [-0.39, 0.29) is 0 Å². The Bertz CT molecular complexity index is 575. The molecule has 0 radical (unpaired) electrons. The van der Waals surface area contributed by atoms with Crippen LogP contribution in [0.3, 0.4) is 0 Å². The van der Waals surface area contributed by atoms with Crippen LogP contribution in [0.15, 0.2) is 24.3 Å². The van der Waals surface area contributed by atoms with Crippen LogP contribution >= 0.6 is 0 Å². The molecular formula is C20H29NO3. The van der Waals surface area contributed by atoms with Gasteiger partial charge in [-0.1, -0.05) is 38.1 Å². The number of nitrogens with zero attached hydrogens (tertiary/aromatic N) is 1. The van der Waals surface area contributed by atoms with E-state index in [1.807, 2.05) is 0 Å². The first-order chi connectivity index (χ1) is 11.4. The third-order valence-corrected chi connectivity index (χ3v) is 5.95. The zero-order chi connectivity index (χ0) is 17.3. The lowest BCUT2D eigenvalue weighted by Crippen LogP contribution is -2.58. The largest absolute Gasteiger partial charge is 0.481 e. The Morgan fingerprint density at radius 2 is 1.92 bits per heavy atom. The minimum absolute atomic E-state index is 0.368. The Hall–Kier alpha value is -1.39. The van der Waals surface area contributed by atoms with Crippen LogP contribution in [-0.4, -0.2) is 46.3 Å². The standard InChI is InChI=1S/C20H29NO3/c1-14(2)7-9-20(19(23)24)13-21(10-8-18(20)22)17-11-15-5-3-4-6-16(15)12-17/h3-6,14,17-18,22H,7-13H2,1-2H3,(H,23,24)/t18-,20+/m0/s1. The Balaban J connectivity index is 1.76. The number of piperidine rings is 1. The summed E-state index contributed by atoms with van der Waals surface area (Å²) < 4.78 is 0. The van der Waals surface area contributed by atoms with E-state index in [1.54, 1.807) is 0 Å². The summed E-state index contributed by atoms with van der Waals surface area (Å²) in [4.78, 5) is 14.4. The SMILES string of the molecule is CC(C)CC[C@@]1(C(=O)O)CN(C2Cc3ccccc3C2)CC[C@@H]1O. The zero-order valence-electron chi connectivity index (χ0n) is 14.7. The van der Waals surface area contributed by atoms with Crippen LogP contribution in [0.1, 0.15) is 44.2 Å². The summed E-state index contributed by atoms with van der Waals surface area (Å²) in [5, 5.41) is 20.4. The molecule has 24 heavy (non-hydrogen) atoms. The predicted octanol–water partition coefficient (Wildman–Crippen LogP) is 2.73. The molecule has 2 aliphatic rings. The van der Waals surface area contributed by atoms with Crippen LogP contribution in [-0.2, 0) is 17.6 Å². The number of fused-ring (bicyclic) bond motifs is 1. The van der Waals surface area contributed by atoms with Gasteiger partial charge in [-0.3, -0.25) is 9.69 Å². The highest BCUT2D eigenvalue weighted by Gasteiger charge is 2.50. The Kier molecular flexibility index (Phi) is 4.97. The van der Waals surface area contributed by atoms with Crippen molar-refractivity contribution >= 4 is 5.97 Å². The molecular weight excluding hydrogens is 302 g/mol. The van der Waals surface area contributed by atoms with Gasteiger partial charge in [-0.15, -0.1) is 0 Å². The fraction of sp³-hybridized carbons (Fsp3) is 0.650. The molecule has 4 nitrogen and oxygen atoms in total. The molecule has 132 valence electrons. The highest BCUT2D eigenvalue weighted by Crippen LogP contribution is 2.39. The molecule has 1 aromatic carbocycles. The van der Waals surface area contributed by atoms with Gasteiger partial charge < -0.3 is 10.2 Å². The maximum Gasteiger partial charge on any atom is 0.313 e. The number of carboxylic acids is 1. The van der Waals surface area contributed by atoms with Crippen molar-refractivity contribution < 1.29 is 15.0 Å². The molecule has 0 bridgehead atoms. The molecule has 1 aliphatic heterocycles. The average Bonchev–Trinajstić information content (AvgIpc) is 2.98. The van der Waals surface area contributed by atoms with E-state index in [1.165, 1.54) is 11.1 Å². The monoisotopic (exact) mass is 331 g/mol. The molecule has 0 aromatic heterocycles. The molecule has 0 amide bonds. The number of aliphatic hydroxyl groups is 1. The number of aliphatic carboxylic acids is 1. The van der Waals surface area contributed by atoms with Crippen molar-refractivity contribution in [1.29, 1.82) is 0 Å². The van der Waals surface area contributed by atoms with Gasteiger partial charge in [-0.05, 0) is 49.1 Å². The number of hydrogen-bond donors (Lipinski definition) is 2. The summed E-state index contributed by atoms with van der Waals surface area (Å²) in [5.74, 6) is -0.393. The van der Waals surface area contributed by atoms with Gasteiger partial charge in [0, 0.05) is 19.1 Å². The van der Waals surface area contributed by atoms with Crippen molar-refractivity contribution in [2.24, 2.45) is 11.3 Å². The highest BCUT2D eigenvalue weighted by atomic mass is 16.4. The lowest BCUT2D eigenvalue weighted by atomic mass is 9.72. The molecule has 3 rings (SSSR count). The van der Waals surface area contributed by atoms with Crippen molar-refractivity contribution in [1.82, 2.24) is 4.90 Å². The minimum atomic E-state index is -1.02. The Morgan fingerprint density at radius 3 is 2.46 bits per heavy atom. The molecule has 2 N–H and O–H groups in total. The van der Waals surface area contributed by atoms with Gasteiger partial charge in [-0.25, -0.2) is 0 Å². The Labute approximate surface area is 144 Å². The topological polar surface area (TPSA) is 60.8 Å². The van der Waals surface area contributed by atoms with Crippen molar-refractivity contribution in [3.63, 3.8) is 0 Å². The molecule has 1 fully saturated rings. The lowest BCUT2D eigenvalue weighted by Gasteiger charge is -2.46. The van der Waals surface area contributed by atoms with Crippen LogP contribution in [0.2, 0.25) is 0 Å². The number of benzene rings is 1. The van der Waals surface area contributed by atoms with Gasteiger partial charge >= 0.3 is 5.97 Å². The maximum absolute atomic E-state index is 12.1. The number of likely N-dealkylation sites (tertiary alicyclic amines) is 1. The van der Waals surface area contributed by atoms with Crippen molar-refractivity contribution in [2.75, 3.05) is 13.1 Å². The molecule has 0 saturated carbocycles. The summed E-state index contributed by atoms with van der Waals surface area (Å²) >= 11 is 0. The van der Waals surface area contributed by atoms with Crippen LogP contribution in [0, 0.1) is 11.3 Å². The van der Waals surface area contributed by atoms with Crippen molar-refractivity contribution in [2.45, 2.75) is 58.1 Å². The number of aliphatic hydroxyl groups excluding tert-OH is 1. The number of hydrogen-bond acceptors (Lipinski definition) is 3. The molecule has 1 aromatic rings. The third-order valence-electron chi connectivity index (χ3n) is 5.95. The van der Waals surface area contributed by atoms with Gasteiger partial charge in [0.2, 0.25) is 0 Å². The third kappa shape index (κ3) is 3.22. The quantitative estimate of drug-likeness (QED) is 0.871. The summed E-state index contributed by atoms with van der Waals surface area (Å²) in [5.41, 5.74) is 1.76. The molecule has 0 spiro atoms. The highest BCUT2D eigenvalue weighted by molar-refractivity contribution is 5.76. The number of carboxylic acid groups (broad SMARTS) is 1. The van der Waals surface area contributed by atoms with Gasteiger partial charge in [-0.2, -0.15) is 0 Å². The van der Waals surface area contributed by atoms with Crippen LogP contribution in [0.5, 0.6) is 0 Å². The molecule has 1 heterocycles. The second-order valence-electron chi connectivity index (χ2n) is 8.00. The molecule has 2 atom stereocenters. The fourth-order valence-electron chi connectivity index (χ4n) is 4.33. The molecule has 4 heteroatoms. The zero-order valence-corrected chi connectivity index (χ0v) is 14.7. The van der Waals surface area contributed by atoms with E-state index >= 15 is 0 Å². The summed E-state index contributed by atoms with van der Waals surface area (Å²) in [6, 6.07) is 8.87. The average molecular weight is 331 g/mol.